The predicted molar refractivity (Wildman–Crippen MR) is 90.0 cm³/mol. The molecule has 2 rings (SSSR count). The fraction of sp³-hybridized carbons (Fsp3) is 0.643. The maximum Gasteiger partial charge on any atom is 0.316 e. The van der Waals surface area contributed by atoms with E-state index in [1.807, 2.05) is 18.7 Å². The largest absolute Gasteiger partial charge is 0.460 e. The molecule has 1 aliphatic heterocycles. The molecule has 1 saturated heterocycles. The van der Waals surface area contributed by atoms with Gasteiger partial charge in [0, 0.05) is 38.3 Å². The van der Waals surface area contributed by atoms with E-state index in [0.717, 1.165) is 17.3 Å². The zero-order valence-electron chi connectivity index (χ0n) is 12.7. The Kier molecular flexibility index (Phi) is 7.52. The number of hydrogen-bond acceptors (Lipinski definition) is 5. The van der Waals surface area contributed by atoms with Crippen LogP contribution in [-0.2, 0) is 4.79 Å². The van der Waals surface area contributed by atoms with Crippen LogP contribution in [0.3, 0.4) is 0 Å². The first-order chi connectivity index (χ1) is 9.97. The van der Waals surface area contributed by atoms with Crippen molar-refractivity contribution in [3.05, 3.63) is 16.9 Å². The minimum Gasteiger partial charge on any atom is -0.460 e. The van der Waals surface area contributed by atoms with Crippen LogP contribution in [0.5, 0.6) is 6.01 Å². The summed E-state index contributed by atoms with van der Waals surface area (Å²) in [5.41, 5.74) is 5.92. The second kappa shape index (κ2) is 8.64. The summed E-state index contributed by atoms with van der Waals surface area (Å²) in [6.07, 6.45) is 4.91. The first-order valence-electron chi connectivity index (χ1n) is 7.16. The van der Waals surface area contributed by atoms with Crippen LogP contribution in [0.4, 0.5) is 0 Å². The number of nitrogens with zero attached hydrogens (tertiary/aromatic N) is 3. The molecule has 1 fully saturated rings. The van der Waals surface area contributed by atoms with Crippen molar-refractivity contribution in [1.82, 2.24) is 14.9 Å². The number of carbonyl (C=O) groups is 1. The summed E-state index contributed by atoms with van der Waals surface area (Å²) >= 11 is 3.28. The normalized spacial score (nSPS) is 17.0. The Balaban J connectivity index is 0.00000242. The summed E-state index contributed by atoms with van der Waals surface area (Å²) in [4.78, 5) is 22.2. The average molecular weight is 394 g/mol. The number of hydrogen-bond donors (Lipinski definition) is 1. The van der Waals surface area contributed by atoms with Crippen molar-refractivity contribution in [1.29, 1.82) is 0 Å². The molecule has 0 saturated carbocycles. The minimum absolute atomic E-state index is 0. The van der Waals surface area contributed by atoms with Gasteiger partial charge in [0.2, 0.25) is 5.91 Å². The molecule has 1 aliphatic rings. The maximum absolute atomic E-state index is 12.2. The van der Waals surface area contributed by atoms with Crippen molar-refractivity contribution < 1.29 is 9.53 Å². The Morgan fingerprint density at radius 1 is 1.36 bits per heavy atom. The van der Waals surface area contributed by atoms with Gasteiger partial charge in [0.25, 0.3) is 0 Å². The van der Waals surface area contributed by atoms with Crippen LogP contribution in [-0.4, -0.2) is 46.0 Å². The highest BCUT2D eigenvalue weighted by atomic mass is 79.9. The van der Waals surface area contributed by atoms with Crippen molar-refractivity contribution in [2.75, 3.05) is 13.1 Å². The molecule has 8 heteroatoms. The Bertz CT molecular complexity index is 478. The van der Waals surface area contributed by atoms with E-state index in [-0.39, 0.29) is 30.3 Å². The molecule has 0 unspecified atom stereocenters. The van der Waals surface area contributed by atoms with E-state index in [4.69, 9.17) is 10.5 Å². The maximum atomic E-state index is 12.2. The van der Waals surface area contributed by atoms with Crippen molar-refractivity contribution >= 4 is 34.2 Å². The summed E-state index contributed by atoms with van der Waals surface area (Å²) < 4.78 is 6.55. The lowest BCUT2D eigenvalue weighted by Gasteiger charge is -2.33. The highest BCUT2D eigenvalue weighted by molar-refractivity contribution is 9.10. The molecular formula is C14H22BrClN4O2. The second-order valence-electron chi connectivity index (χ2n) is 5.60. The van der Waals surface area contributed by atoms with Crippen LogP contribution in [0.15, 0.2) is 16.9 Å². The molecule has 0 aromatic carbocycles. The van der Waals surface area contributed by atoms with Crippen LogP contribution in [0, 0.1) is 5.92 Å². The van der Waals surface area contributed by atoms with Crippen LogP contribution < -0.4 is 10.5 Å². The molecule has 1 amide bonds. The molecule has 1 atom stereocenters. The van der Waals surface area contributed by atoms with E-state index in [2.05, 4.69) is 25.9 Å². The third-order valence-corrected chi connectivity index (χ3v) is 4.04. The highest BCUT2D eigenvalue weighted by Crippen LogP contribution is 2.18. The minimum atomic E-state index is -0.419. The lowest BCUT2D eigenvalue weighted by atomic mass is 10.0. The van der Waals surface area contributed by atoms with E-state index in [0.29, 0.717) is 19.1 Å². The Hall–Kier alpha value is -0.920. The van der Waals surface area contributed by atoms with Crippen molar-refractivity contribution in [3.63, 3.8) is 0 Å². The highest BCUT2D eigenvalue weighted by Gasteiger charge is 2.28. The lowest BCUT2D eigenvalue weighted by Crippen LogP contribution is -2.50. The monoisotopic (exact) mass is 392 g/mol. The van der Waals surface area contributed by atoms with Crippen LogP contribution in [0.2, 0.25) is 0 Å². The van der Waals surface area contributed by atoms with E-state index < -0.39 is 6.04 Å². The average Bonchev–Trinajstić information content (AvgIpc) is 2.49. The topological polar surface area (TPSA) is 81.3 Å². The molecule has 2 heterocycles. The fourth-order valence-corrected chi connectivity index (χ4v) is 2.41. The summed E-state index contributed by atoms with van der Waals surface area (Å²) in [5, 5.41) is 0. The Morgan fingerprint density at radius 2 is 1.91 bits per heavy atom. The predicted octanol–water partition coefficient (Wildman–Crippen LogP) is 2.01. The van der Waals surface area contributed by atoms with Gasteiger partial charge in [0.15, 0.2) is 0 Å². The Labute approximate surface area is 145 Å². The van der Waals surface area contributed by atoms with E-state index in [1.54, 1.807) is 12.4 Å². The number of halogens is 2. The van der Waals surface area contributed by atoms with Gasteiger partial charge in [0.1, 0.15) is 6.10 Å². The van der Waals surface area contributed by atoms with Crippen molar-refractivity contribution in [3.8, 4) is 6.01 Å². The molecule has 2 N–H and O–H groups in total. The molecular weight excluding hydrogens is 372 g/mol. The molecule has 22 heavy (non-hydrogen) atoms. The number of amides is 1. The first kappa shape index (κ1) is 19.1. The van der Waals surface area contributed by atoms with Gasteiger partial charge in [-0.3, -0.25) is 4.79 Å². The molecule has 1 aromatic heterocycles. The van der Waals surface area contributed by atoms with Crippen LogP contribution >= 0.6 is 28.3 Å². The molecule has 0 radical (unpaired) electrons. The third-order valence-electron chi connectivity index (χ3n) is 3.63. The molecule has 0 bridgehead atoms. The SMILES string of the molecule is CC(C)[C@H](N)C(=O)N1CCC(Oc2ncc(Br)cn2)CC1.Cl. The van der Waals surface area contributed by atoms with E-state index in [1.165, 1.54) is 0 Å². The number of likely N-dealkylation sites (tertiary alicyclic amines) is 1. The quantitative estimate of drug-likeness (QED) is 0.846. The zero-order valence-corrected chi connectivity index (χ0v) is 15.1. The van der Waals surface area contributed by atoms with E-state index >= 15 is 0 Å². The number of ether oxygens (including phenoxy) is 1. The van der Waals surface area contributed by atoms with Gasteiger partial charge in [-0.15, -0.1) is 12.4 Å². The third kappa shape index (κ3) is 5.07. The molecule has 0 aliphatic carbocycles. The molecule has 124 valence electrons. The van der Waals surface area contributed by atoms with E-state index in [9.17, 15) is 4.79 Å². The summed E-state index contributed by atoms with van der Waals surface area (Å²) in [5.74, 6) is 0.186. The van der Waals surface area contributed by atoms with Gasteiger partial charge < -0.3 is 15.4 Å². The number of piperidine rings is 1. The fourth-order valence-electron chi connectivity index (χ4n) is 2.20. The molecule has 6 nitrogen and oxygen atoms in total. The molecule has 0 spiro atoms. The van der Waals surface area contributed by atoms with Gasteiger partial charge in [-0.05, 0) is 21.8 Å². The van der Waals surface area contributed by atoms with Gasteiger partial charge in [0.05, 0.1) is 10.5 Å². The van der Waals surface area contributed by atoms with Crippen molar-refractivity contribution in [2.45, 2.75) is 38.8 Å². The van der Waals surface area contributed by atoms with Crippen LogP contribution in [0.25, 0.3) is 0 Å². The number of aromatic nitrogens is 2. The van der Waals surface area contributed by atoms with Gasteiger partial charge >= 0.3 is 6.01 Å². The summed E-state index contributed by atoms with van der Waals surface area (Å²) in [6, 6.07) is -0.0425. The van der Waals surface area contributed by atoms with Crippen molar-refractivity contribution in [2.24, 2.45) is 11.7 Å². The van der Waals surface area contributed by atoms with Gasteiger partial charge in [-0.25, -0.2) is 9.97 Å². The number of nitrogens with two attached hydrogens (primary N) is 1. The second-order valence-corrected chi connectivity index (χ2v) is 6.51. The summed E-state index contributed by atoms with van der Waals surface area (Å²) in [6.45, 7) is 5.26. The molecule has 1 aromatic rings. The smallest absolute Gasteiger partial charge is 0.316 e. The standard InChI is InChI=1S/C14H21BrN4O2.ClH/c1-9(2)12(16)13(20)19-5-3-11(4-6-19)21-14-17-7-10(15)8-18-14;/h7-9,11-12H,3-6,16H2,1-2H3;1H/t12-;/m0./s1. The number of rotatable bonds is 4. The van der Waals surface area contributed by atoms with Gasteiger partial charge in [-0.1, -0.05) is 13.8 Å². The van der Waals surface area contributed by atoms with Crippen LogP contribution in [0.1, 0.15) is 26.7 Å². The van der Waals surface area contributed by atoms with Gasteiger partial charge in [-0.2, -0.15) is 0 Å². The first-order valence-corrected chi connectivity index (χ1v) is 7.95. The number of carbonyl (C=O) groups excluding carboxylic acids is 1. The summed E-state index contributed by atoms with van der Waals surface area (Å²) in [7, 11) is 0. The zero-order chi connectivity index (χ0) is 15.4. The lowest BCUT2D eigenvalue weighted by molar-refractivity contribution is -0.135. The Morgan fingerprint density at radius 3 is 2.41 bits per heavy atom.